The SMILES string of the molecule is C[C@H]1Cc2ccccc2N1C(=O)CCCN(c1ccccc1F)S(C)(=O)=O. The number of halogens is 1. The fourth-order valence-electron chi connectivity index (χ4n) is 3.56. The van der Waals surface area contributed by atoms with E-state index in [1.165, 1.54) is 18.2 Å². The lowest BCUT2D eigenvalue weighted by molar-refractivity contribution is -0.118. The molecule has 0 saturated heterocycles. The average Bonchev–Trinajstić information content (AvgIpc) is 2.94. The van der Waals surface area contributed by atoms with Crippen molar-refractivity contribution in [3.05, 3.63) is 59.9 Å². The molecule has 3 rings (SSSR count). The van der Waals surface area contributed by atoms with Gasteiger partial charge in [0.2, 0.25) is 15.9 Å². The minimum absolute atomic E-state index is 0.00679. The first kappa shape index (κ1) is 19.4. The molecule has 0 spiro atoms. The van der Waals surface area contributed by atoms with Gasteiger partial charge in [0.25, 0.3) is 0 Å². The van der Waals surface area contributed by atoms with Crippen LogP contribution >= 0.6 is 0 Å². The standard InChI is InChI=1S/C20H23FN2O3S/c1-15-14-16-8-3-5-10-18(16)23(15)20(24)12-7-13-22(27(2,25)26)19-11-6-4-9-17(19)21/h3-6,8-11,15H,7,12-14H2,1-2H3/t15-/m0/s1. The molecule has 0 N–H and O–H groups in total. The highest BCUT2D eigenvalue weighted by Crippen LogP contribution is 2.32. The molecule has 0 aliphatic carbocycles. The van der Waals surface area contributed by atoms with Crippen LogP contribution < -0.4 is 9.21 Å². The summed E-state index contributed by atoms with van der Waals surface area (Å²) >= 11 is 0. The van der Waals surface area contributed by atoms with Gasteiger partial charge in [0, 0.05) is 24.7 Å². The zero-order valence-corrected chi connectivity index (χ0v) is 16.2. The van der Waals surface area contributed by atoms with Crippen LogP contribution in [0.5, 0.6) is 0 Å². The van der Waals surface area contributed by atoms with E-state index in [1.807, 2.05) is 31.2 Å². The molecule has 1 amide bonds. The van der Waals surface area contributed by atoms with Gasteiger partial charge in [-0.05, 0) is 43.5 Å². The van der Waals surface area contributed by atoms with Crippen molar-refractivity contribution in [2.75, 3.05) is 22.0 Å². The van der Waals surface area contributed by atoms with Crippen LogP contribution in [0.2, 0.25) is 0 Å². The van der Waals surface area contributed by atoms with Crippen molar-refractivity contribution >= 4 is 27.3 Å². The highest BCUT2D eigenvalue weighted by molar-refractivity contribution is 7.92. The molecule has 0 saturated carbocycles. The molecule has 144 valence electrons. The molecule has 0 fully saturated rings. The zero-order chi connectivity index (χ0) is 19.6. The van der Waals surface area contributed by atoms with Crippen LogP contribution in [-0.2, 0) is 21.2 Å². The highest BCUT2D eigenvalue weighted by atomic mass is 32.2. The number of benzene rings is 2. The largest absolute Gasteiger partial charge is 0.309 e. The van der Waals surface area contributed by atoms with Gasteiger partial charge in [-0.2, -0.15) is 0 Å². The first-order chi connectivity index (χ1) is 12.8. The third kappa shape index (κ3) is 4.13. The molecule has 1 aliphatic rings. The van der Waals surface area contributed by atoms with E-state index in [0.717, 1.165) is 28.2 Å². The number of hydrogen-bond acceptors (Lipinski definition) is 3. The van der Waals surface area contributed by atoms with Crippen LogP contribution in [0.25, 0.3) is 0 Å². The third-order valence-corrected chi connectivity index (χ3v) is 5.93. The van der Waals surface area contributed by atoms with Crippen LogP contribution in [0.1, 0.15) is 25.3 Å². The molecule has 27 heavy (non-hydrogen) atoms. The Morgan fingerprint density at radius 2 is 1.85 bits per heavy atom. The van der Waals surface area contributed by atoms with Crippen molar-refractivity contribution in [3.8, 4) is 0 Å². The quantitative estimate of drug-likeness (QED) is 0.760. The lowest BCUT2D eigenvalue weighted by atomic mass is 10.1. The van der Waals surface area contributed by atoms with E-state index in [4.69, 9.17) is 0 Å². The van der Waals surface area contributed by atoms with Crippen molar-refractivity contribution in [1.82, 2.24) is 0 Å². The predicted molar refractivity (Wildman–Crippen MR) is 105 cm³/mol. The van der Waals surface area contributed by atoms with E-state index in [-0.39, 0.29) is 30.6 Å². The first-order valence-corrected chi connectivity index (χ1v) is 10.8. The molecular weight excluding hydrogens is 367 g/mol. The highest BCUT2D eigenvalue weighted by Gasteiger charge is 2.30. The van der Waals surface area contributed by atoms with Gasteiger partial charge in [-0.1, -0.05) is 30.3 Å². The molecule has 7 heteroatoms. The summed E-state index contributed by atoms with van der Waals surface area (Å²) in [7, 11) is -3.65. The van der Waals surface area contributed by atoms with Crippen molar-refractivity contribution in [2.45, 2.75) is 32.2 Å². The molecule has 2 aromatic carbocycles. The summed E-state index contributed by atoms with van der Waals surface area (Å²) in [6.45, 7) is 2.05. The molecule has 0 bridgehead atoms. The number of nitrogens with zero attached hydrogens (tertiary/aromatic N) is 2. The molecule has 2 aromatic rings. The molecule has 1 atom stereocenters. The number of hydrogen-bond donors (Lipinski definition) is 0. The topological polar surface area (TPSA) is 57.7 Å². The monoisotopic (exact) mass is 390 g/mol. The van der Waals surface area contributed by atoms with E-state index in [9.17, 15) is 17.6 Å². The number of amides is 1. The number of carbonyl (C=O) groups excluding carboxylic acids is 1. The maximum Gasteiger partial charge on any atom is 0.232 e. The minimum Gasteiger partial charge on any atom is -0.309 e. The van der Waals surface area contributed by atoms with Gasteiger partial charge in [-0.15, -0.1) is 0 Å². The molecular formula is C20H23FN2O3S. The summed E-state index contributed by atoms with van der Waals surface area (Å²) in [5.41, 5.74) is 2.07. The van der Waals surface area contributed by atoms with E-state index >= 15 is 0 Å². The first-order valence-electron chi connectivity index (χ1n) is 8.91. The van der Waals surface area contributed by atoms with Crippen LogP contribution in [0.15, 0.2) is 48.5 Å². The summed E-state index contributed by atoms with van der Waals surface area (Å²) in [4.78, 5) is 14.5. The molecule has 5 nitrogen and oxygen atoms in total. The number of fused-ring (bicyclic) bond motifs is 1. The van der Waals surface area contributed by atoms with Gasteiger partial charge in [0.05, 0.1) is 11.9 Å². The van der Waals surface area contributed by atoms with Crippen LogP contribution in [0.3, 0.4) is 0 Å². The summed E-state index contributed by atoms with van der Waals surface area (Å²) in [5.74, 6) is -0.647. The predicted octanol–water partition coefficient (Wildman–Crippen LogP) is 3.35. The fraction of sp³-hybridized carbons (Fsp3) is 0.350. The summed E-state index contributed by atoms with van der Waals surface area (Å²) in [5, 5.41) is 0. The Bertz CT molecular complexity index is 946. The Kier molecular flexibility index (Phi) is 5.51. The van der Waals surface area contributed by atoms with Crippen LogP contribution in [-0.4, -0.2) is 33.2 Å². The molecule has 1 aliphatic heterocycles. The summed E-state index contributed by atoms with van der Waals surface area (Å²) in [6, 6.07) is 13.6. The number of rotatable bonds is 6. The lowest BCUT2D eigenvalue weighted by Crippen LogP contribution is -2.37. The van der Waals surface area contributed by atoms with Crippen molar-refractivity contribution in [1.29, 1.82) is 0 Å². The van der Waals surface area contributed by atoms with Crippen molar-refractivity contribution < 1.29 is 17.6 Å². The average molecular weight is 390 g/mol. The Hall–Kier alpha value is -2.41. The van der Waals surface area contributed by atoms with Gasteiger partial charge < -0.3 is 4.90 Å². The molecule has 0 unspecified atom stereocenters. The summed E-state index contributed by atoms with van der Waals surface area (Å²) in [6.07, 6.45) is 2.36. The van der Waals surface area contributed by atoms with E-state index < -0.39 is 15.8 Å². The minimum atomic E-state index is -3.65. The second kappa shape index (κ2) is 7.68. The van der Waals surface area contributed by atoms with Gasteiger partial charge >= 0.3 is 0 Å². The molecule has 0 aromatic heterocycles. The van der Waals surface area contributed by atoms with E-state index in [2.05, 4.69) is 0 Å². The molecule has 0 radical (unpaired) electrons. The van der Waals surface area contributed by atoms with E-state index in [0.29, 0.717) is 6.42 Å². The molecule has 1 heterocycles. The second-order valence-electron chi connectivity index (χ2n) is 6.84. The second-order valence-corrected chi connectivity index (χ2v) is 8.74. The lowest BCUT2D eigenvalue weighted by Gasteiger charge is -2.25. The Morgan fingerprint density at radius 1 is 1.19 bits per heavy atom. The fourth-order valence-corrected chi connectivity index (χ4v) is 4.52. The van der Waals surface area contributed by atoms with Crippen molar-refractivity contribution in [2.24, 2.45) is 0 Å². The Balaban J connectivity index is 1.69. The van der Waals surface area contributed by atoms with Crippen LogP contribution in [0.4, 0.5) is 15.8 Å². The smallest absolute Gasteiger partial charge is 0.232 e. The number of sulfonamides is 1. The van der Waals surface area contributed by atoms with Crippen molar-refractivity contribution in [3.63, 3.8) is 0 Å². The maximum absolute atomic E-state index is 14.0. The maximum atomic E-state index is 14.0. The van der Waals surface area contributed by atoms with E-state index in [1.54, 1.807) is 11.0 Å². The van der Waals surface area contributed by atoms with Crippen LogP contribution in [0, 0.1) is 5.82 Å². The van der Waals surface area contributed by atoms with Gasteiger partial charge in [-0.3, -0.25) is 9.10 Å². The Morgan fingerprint density at radius 3 is 2.56 bits per heavy atom. The number of para-hydroxylation sites is 2. The third-order valence-electron chi connectivity index (χ3n) is 4.75. The zero-order valence-electron chi connectivity index (χ0n) is 15.4. The number of anilines is 2. The normalized spacial score (nSPS) is 16.3. The van der Waals surface area contributed by atoms with Gasteiger partial charge in [0.1, 0.15) is 5.82 Å². The number of carbonyl (C=O) groups is 1. The van der Waals surface area contributed by atoms with Gasteiger partial charge in [-0.25, -0.2) is 12.8 Å². The van der Waals surface area contributed by atoms with Gasteiger partial charge in [0.15, 0.2) is 0 Å². The Labute approximate surface area is 159 Å². The summed E-state index contributed by atoms with van der Waals surface area (Å²) < 4.78 is 39.3.